The van der Waals surface area contributed by atoms with Gasteiger partial charge in [-0.25, -0.2) is 9.59 Å². The fourth-order valence-corrected chi connectivity index (χ4v) is 4.18. The lowest BCUT2D eigenvalue weighted by Crippen LogP contribution is -2.14. The molecule has 0 bridgehead atoms. The number of ether oxygens (including phenoxy) is 2. The van der Waals surface area contributed by atoms with E-state index in [9.17, 15) is 9.59 Å². The molecule has 2 aromatic carbocycles. The standard InChI is InChI=1S/C32H48N2O4/c1-31(2,3)23-15-17-25(27(33)21-23)29(35)37-19-13-11-9-7-8-10-12-14-20-38-30(36)26-18-16-24(22-28(26)34)32(4,5)6/h15-18,21-22H,7-14,19-20,33-34H2,1-6H3. The van der Waals surface area contributed by atoms with Crippen LogP contribution >= 0.6 is 0 Å². The number of nitrogen functional groups attached to an aromatic ring is 2. The van der Waals surface area contributed by atoms with Crippen LogP contribution in [0.15, 0.2) is 36.4 Å². The molecule has 0 spiro atoms. The maximum absolute atomic E-state index is 12.3. The van der Waals surface area contributed by atoms with Gasteiger partial charge in [0.25, 0.3) is 0 Å². The first-order chi connectivity index (χ1) is 17.8. The topological polar surface area (TPSA) is 105 Å². The molecule has 0 unspecified atom stereocenters. The van der Waals surface area contributed by atoms with Crippen molar-refractivity contribution in [3.63, 3.8) is 0 Å². The SMILES string of the molecule is CC(C)(C)c1ccc(C(=O)OCCCCCCCCCCOC(=O)c2ccc(C(C)(C)C)cc2N)c(N)c1. The smallest absolute Gasteiger partial charge is 0.340 e. The van der Waals surface area contributed by atoms with Crippen LogP contribution in [0, 0.1) is 0 Å². The normalized spacial score (nSPS) is 11.8. The summed E-state index contributed by atoms with van der Waals surface area (Å²) in [6.07, 6.45) is 8.26. The molecule has 6 heteroatoms. The van der Waals surface area contributed by atoms with E-state index in [1.165, 1.54) is 0 Å². The molecule has 0 fully saturated rings. The Hall–Kier alpha value is -3.02. The summed E-state index contributed by atoms with van der Waals surface area (Å²) in [5.74, 6) is -0.707. The number of esters is 2. The largest absolute Gasteiger partial charge is 0.462 e. The van der Waals surface area contributed by atoms with Crippen LogP contribution in [-0.2, 0) is 20.3 Å². The Labute approximate surface area is 229 Å². The third-order valence-electron chi connectivity index (χ3n) is 6.78. The van der Waals surface area contributed by atoms with Crippen LogP contribution in [0.2, 0.25) is 0 Å². The van der Waals surface area contributed by atoms with Crippen molar-refractivity contribution in [3.05, 3.63) is 58.7 Å². The van der Waals surface area contributed by atoms with E-state index >= 15 is 0 Å². The van der Waals surface area contributed by atoms with Gasteiger partial charge < -0.3 is 20.9 Å². The highest BCUT2D eigenvalue weighted by atomic mass is 16.5. The van der Waals surface area contributed by atoms with E-state index < -0.39 is 0 Å². The van der Waals surface area contributed by atoms with Crippen molar-refractivity contribution in [1.82, 2.24) is 0 Å². The lowest BCUT2D eigenvalue weighted by molar-refractivity contribution is 0.0488. The van der Waals surface area contributed by atoms with Gasteiger partial charge in [0, 0.05) is 11.4 Å². The van der Waals surface area contributed by atoms with Gasteiger partial charge in [-0.05, 0) is 59.1 Å². The Morgan fingerprint density at radius 3 is 1.18 bits per heavy atom. The molecule has 6 nitrogen and oxygen atoms in total. The van der Waals surface area contributed by atoms with Gasteiger partial charge in [-0.3, -0.25) is 0 Å². The zero-order valence-electron chi connectivity index (χ0n) is 24.3. The van der Waals surface area contributed by atoms with Crippen molar-refractivity contribution in [3.8, 4) is 0 Å². The molecule has 210 valence electrons. The molecule has 0 aliphatic heterocycles. The Bertz CT molecular complexity index is 979. The summed E-state index contributed by atoms with van der Waals surface area (Å²) < 4.78 is 10.8. The van der Waals surface area contributed by atoms with Crippen molar-refractivity contribution >= 4 is 23.3 Å². The second kappa shape index (κ2) is 14.2. The third-order valence-corrected chi connectivity index (χ3v) is 6.78. The van der Waals surface area contributed by atoms with E-state index in [1.54, 1.807) is 12.1 Å². The molecule has 2 aromatic rings. The fraction of sp³-hybridized carbons (Fsp3) is 0.562. The maximum atomic E-state index is 12.3. The summed E-state index contributed by atoms with van der Waals surface area (Å²) in [6.45, 7) is 13.5. The summed E-state index contributed by atoms with van der Waals surface area (Å²) in [4.78, 5) is 24.7. The van der Waals surface area contributed by atoms with E-state index in [0.29, 0.717) is 35.7 Å². The monoisotopic (exact) mass is 524 g/mol. The number of hydrogen-bond donors (Lipinski definition) is 2. The second-order valence-electron chi connectivity index (χ2n) is 12.2. The summed E-state index contributed by atoms with van der Waals surface area (Å²) in [6, 6.07) is 11.1. The highest BCUT2D eigenvalue weighted by molar-refractivity contribution is 5.95. The van der Waals surface area contributed by atoms with Crippen LogP contribution < -0.4 is 11.5 Å². The van der Waals surface area contributed by atoms with Crippen LogP contribution in [0.1, 0.15) is 125 Å². The molecule has 0 heterocycles. The molecule has 4 N–H and O–H groups in total. The number of anilines is 2. The number of carbonyl (C=O) groups is 2. The van der Waals surface area contributed by atoms with Gasteiger partial charge in [0.05, 0.1) is 24.3 Å². The Morgan fingerprint density at radius 1 is 0.579 bits per heavy atom. The number of carbonyl (C=O) groups excluding carboxylic acids is 2. The van der Waals surface area contributed by atoms with E-state index in [0.717, 1.165) is 62.5 Å². The third kappa shape index (κ3) is 10.0. The molecule has 0 aromatic heterocycles. The predicted octanol–water partition coefficient (Wildman–Crippen LogP) is 7.58. The first-order valence-corrected chi connectivity index (χ1v) is 13.9. The van der Waals surface area contributed by atoms with Gasteiger partial charge in [-0.15, -0.1) is 0 Å². The molecule has 0 saturated heterocycles. The number of nitrogens with two attached hydrogens (primary N) is 2. The fourth-order valence-electron chi connectivity index (χ4n) is 4.18. The molecule has 0 aliphatic rings. The zero-order valence-corrected chi connectivity index (χ0v) is 24.3. The van der Waals surface area contributed by atoms with Crippen LogP contribution in [-0.4, -0.2) is 25.2 Å². The Balaban J connectivity index is 1.51. The van der Waals surface area contributed by atoms with Crippen molar-refractivity contribution in [2.24, 2.45) is 0 Å². The van der Waals surface area contributed by atoms with Gasteiger partial charge in [0.15, 0.2) is 0 Å². The van der Waals surface area contributed by atoms with Crippen molar-refractivity contribution < 1.29 is 19.1 Å². The number of hydrogen-bond acceptors (Lipinski definition) is 6. The Kier molecular flexibility index (Phi) is 11.7. The van der Waals surface area contributed by atoms with Crippen molar-refractivity contribution in [2.45, 2.75) is 104 Å². The summed E-state index contributed by atoms with van der Waals surface area (Å²) >= 11 is 0. The van der Waals surface area contributed by atoms with Crippen LogP contribution in [0.3, 0.4) is 0 Å². The molecule has 0 amide bonds. The van der Waals surface area contributed by atoms with E-state index in [-0.39, 0.29) is 22.8 Å². The van der Waals surface area contributed by atoms with E-state index in [1.807, 2.05) is 24.3 Å². The number of unbranched alkanes of at least 4 members (excludes halogenated alkanes) is 7. The minimum Gasteiger partial charge on any atom is -0.462 e. The molecular weight excluding hydrogens is 476 g/mol. The average molecular weight is 525 g/mol. The molecule has 2 rings (SSSR count). The molecule has 0 radical (unpaired) electrons. The lowest BCUT2D eigenvalue weighted by Gasteiger charge is -2.20. The highest BCUT2D eigenvalue weighted by Crippen LogP contribution is 2.27. The predicted molar refractivity (Wildman–Crippen MR) is 157 cm³/mol. The minimum atomic E-state index is -0.353. The quantitative estimate of drug-likeness (QED) is 0.159. The Morgan fingerprint density at radius 2 is 0.895 bits per heavy atom. The lowest BCUT2D eigenvalue weighted by atomic mass is 9.86. The van der Waals surface area contributed by atoms with Crippen LogP contribution in [0.25, 0.3) is 0 Å². The van der Waals surface area contributed by atoms with Crippen LogP contribution in [0.5, 0.6) is 0 Å². The number of benzene rings is 2. The molecule has 0 atom stereocenters. The maximum Gasteiger partial charge on any atom is 0.340 e. The van der Waals surface area contributed by atoms with Gasteiger partial charge >= 0.3 is 11.9 Å². The summed E-state index contributed by atoms with van der Waals surface area (Å²) in [5.41, 5.74) is 16.1. The molecular formula is C32H48N2O4. The highest BCUT2D eigenvalue weighted by Gasteiger charge is 2.19. The van der Waals surface area contributed by atoms with Gasteiger partial charge in [-0.1, -0.05) is 92.2 Å². The second-order valence-corrected chi connectivity index (χ2v) is 12.2. The first kappa shape index (κ1) is 31.2. The summed E-state index contributed by atoms with van der Waals surface area (Å²) in [7, 11) is 0. The first-order valence-electron chi connectivity index (χ1n) is 13.9. The van der Waals surface area contributed by atoms with E-state index in [2.05, 4.69) is 41.5 Å². The molecule has 0 saturated carbocycles. The van der Waals surface area contributed by atoms with Crippen molar-refractivity contribution in [1.29, 1.82) is 0 Å². The van der Waals surface area contributed by atoms with Gasteiger partial charge in [-0.2, -0.15) is 0 Å². The van der Waals surface area contributed by atoms with Gasteiger partial charge in [0.1, 0.15) is 0 Å². The average Bonchev–Trinajstić information content (AvgIpc) is 2.83. The summed E-state index contributed by atoms with van der Waals surface area (Å²) in [5, 5.41) is 0. The molecule has 0 aliphatic carbocycles. The molecule has 38 heavy (non-hydrogen) atoms. The van der Waals surface area contributed by atoms with E-state index in [4.69, 9.17) is 20.9 Å². The van der Waals surface area contributed by atoms with Crippen LogP contribution in [0.4, 0.5) is 11.4 Å². The van der Waals surface area contributed by atoms with Crippen molar-refractivity contribution in [2.75, 3.05) is 24.7 Å². The number of rotatable bonds is 13. The van der Waals surface area contributed by atoms with Gasteiger partial charge in [0.2, 0.25) is 0 Å². The zero-order chi connectivity index (χ0) is 28.3. The minimum absolute atomic E-state index is 0.0161.